The molecule has 0 radical (unpaired) electrons. The summed E-state index contributed by atoms with van der Waals surface area (Å²) >= 11 is 11.7. The molecule has 1 saturated heterocycles. The van der Waals surface area contributed by atoms with Crippen LogP contribution in [-0.2, 0) is 9.47 Å². The molecule has 15 heavy (non-hydrogen) atoms. The molecular weight excluding hydrogens is 237 g/mol. The number of hydrogen-bond acceptors (Lipinski definition) is 3. The Morgan fingerprint density at radius 1 is 1.27 bits per heavy atom. The van der Waals surface area contributed by atoms with E-state index in [1.807, 2.05) is 0 Å². The number of halogens is 2. The van der Waals surface area contributed by atoms with Gasteiger partial charge in [-0.05, 0) is 12.8 Å². The second-order valence-corrected chi connectivity index (χ2v) is 4.24. The highest BCUT2D eigenvalue weighted by atomic mass is 35.5. The molecule has 0 aromatic rings. The van der Waals surface area contributed by atoms with E-state index < -0.39 is 0 Å². The molecule has 88 valence electrons. The van der Waals surface area contributed by atoms with Gasteiger partial charge in [0.1, 0.15) is 5.16 Å². The van der Waals surface area contributed by atoms with E-state index in [0.29, 0.717) is 30.5 Å². The number of hydrogen-bond donors (Lipinski definition) is 0. The van der Waals surface area contributed by atoms with Gasteiger partial charge in [-0.3, -0.25) is 0 Å². The lowest BCUT2D eigenvalue weighted by Gasteiger charge is -2.30. The Kier molecular flexibility index (Phi) is 5.75. The second kappa shape index (κ2) is 6.59. The molecule has 0 amide bonds. The highest BCUT2D eigenvalue weighted by Gasteiger charge is 2.34. The predicted octanol–water partition coefficient (Wildman–Crippen LogP) is 2.39. The summed E-state index contributed by atoms with van der Waals surface area (Å²) in [5.41, 5.74) is 1.40. The van der Waals surface area contributed by atoms with Gasteiger partial charge in [0.15, 0.2) is 0 Å². The van der Waals surface area contributed by atoms with Crippen LogP contribution in [0.4, 0.5) is 0 Å². The first-order valence-corrected chi connectivity index (χ1v) is 5.78. The average Bonchev–Trinajstić information content (AvgIpc) is 2.62. The Bertz CT molecular complexity index is 209. The normalized spacial score (nSPS) is 27.5. The molecule has 1 aliphatic rings. The molecular formula is C10H17Cl2NO2. The molecule has 0 N–H and O–H groups in total. The zero-order valence-corrected chi connectivity index (χ0v) is 10.6. The van der Waals surface area contributed by atoms with Crippen LogP contribution in [0.15, 0.2) is 10.7 Å². The lowest BCUT2D eigenvalue weighted by molar-refractivity contribution is 0.0894. The molecule has 3 nitrogen and oxygen atoms in total. The molecule has 0 bridgehead atoms. The molecule has 0 aliphatic carbocycles. The molecule has 0 aromatic heterocycles. The lowest BCUT2D eigenvalue weighted by atomic mass is 10.2. The SMILES string of the molecule is COC[C@H]1CC[C@H](COC)N1/C(Cl)=C\Cl. The summed E-state index contributed by atoms with van der Waals surface area (Å²) in [5, 5.41) is 0.568. The van der Waals surface area contributed by atoms with Crippen LogP contribution >= 0.6 is 23.2 Å². The van der Waals surface area contributed by atoms with E-state index in [1.54, 1.807) is 14.2 Å². The van der Waals surface area contributed by atoms with Gasteiger partial charge in [-0.2, -0.15) is 0 Å². The zero-order valence-electron chi connectivity index (χ0n) is 9.08. The largest absolute Gasteiger partial charge is 0.383 e. The van der Waals surface area contributed by atoms with E-state index in [0.717, 1.165) is 12.8 Å². The van der Waals surface area contributed by atoms with Crippen molar-refractivity contribution < 1.29 is 9.47 Å². The van der Waals surface area contributed by atoms with Crippen LogP contribution in [0.1, 0.15) is 12.8 Å². The van der Waals surface area contributed by atoms with Crippen molar-refractivity contribution >= 4 is 23.2 Å². The van der Waals surface area contributed by atoms with Gasteiger partial charge < -0.3 is 14.4 Å². The maximum Gasteiger partial charge on any atom is 0.116 e. The van der Waals surface area contributed by atoms with Gasteiger partial charge in [-0.25, -0.2) is 0 Å². The van der Waals surface area contributed by atoms with Crippen molar-refractivity contribution in [2.45, 2.75) is 24.9 Å². The highest BCUT2D eigenvalue weighted by molar-refractivity contribution is 6.36. The number of ether oxygens (including phenoxy) is 2. The van der Waals surface area contributed by atoms with Crippen molar-refractivity contribution in [3.8, 4) is 0 Å². The van der Waals surface area contributed by atoms with Crippen LogP contribution in [0.5, 0.6) is 0 Å². The minimum Gasteiger partial charge on any atom is -0.383 e. The van der Waals surface area contributed by atoms with E-state index in [9.17, 15) is 0 Å². The monoisotopic (exact) mass is 253 g/mol. The van der Waals surface area contributed by atoms with Gasteiger partial charge in [0.2, 0.25) is 0 Å². The molecule has 0 aromatic carbocycles. The summed E-state index contributed by atoms with van der Waals surface area (Å²) < 4.78 is 10.3. The summed E-state index contributed by atoms with van der Waals surface area (Å²) in [6, 6.07) is 0.607. The van der Waals surface area contributed by atoms with Crippen molar-refractivity contribution in [2.24, 2.45) is 0 Å². The quantitative estimate of drug-likeness (QED) is 0.703. The van der Waals surface area contributed by atoms with Crippen LogP contribution in [0, 0.1) is 0 Å². The summed E-state index contributed by atoms with van der Waals surface area (Å²) in [7, 11) is 3.39. The van der Waals surface area contributed by atoms with E-state index in [1.165, 1.54) is 5.54 Å². The third kappa shape index (κ3) is 3.25. The molecule has 1 heterocycles. The Hall–Kier alpha value is 0.0400. The average molecular weight is 254 g/mol. The fraction of sp³-hybridized carbons (Fsp3) is 0.800. The standard InChI is InChI=1S/C10H17Cl2NO2/c1-14-6-8-3-4-9(7-15-2)13(8)10(12)5-11/h5,8-9H,3-4,6-7H2,1-2H3/b10-5-/t8-,9-/m1/s1. The molecule has 5 heteroatoms. The lowest BCUT2D eigenvalue weighted by Crippen LogP contribution is -2.38. The van der Waals surface area contributed by atoms with Crippen molar-refractivity contribution in [2.75, 3.05) is 27.4 Å². The van der Waals surface area contributed by atoms with Crippen LogP contribution in [0.2, 0.25) is 0 Å². The smallest absolute Gasteiger partial charge is 0.116 e. The number of rotatable bonds is 5. The summed E-state index contributed by atoms with van der Waals surface area (Å²) in [6.45, 7) is 1.34. The van der Waals surface area contributed by atoms with Gasteiger partial charge in [0.25, 0.3) is 0 Å². The summed E-state index contributed by atoms with van der Waals surface area (Å²) in [4.78, 5) is 2.08. The summed E-state index contributed by atoms with van der Waals surface area (Å²) in [5.74, 6) is 0. The zero-order chi connectivity index (χ0) is 11.3. The first-order valence-electron chi connectivity index (χ1n) is 4.96. The second-order valence-electron chi connectivity index (χ2n) is 3.63. The molecule has 2 atom stereocenters. The minimum atomic E-state index is 0.303. The maximum absolute atomic E-state index is 6.08. The van der Waals surface area contributed by atoms with Crippen molar-refractivity contribution in [1.82, 2.24) is 4.90 Å². The van der Waals surface area contributed by atoms with Crippen molar-refractivity contribution in [1.29, 1.82) is 0 Å². The Balaban J connectivity index is 2.68. The van der Waals surface area contributed by atoms with Gasteiger partial charge in [-0.1, -0.05) is 23.2 Å². The molecule has 1 rings (SSSR count). The van der Waals surface area contributed by atoms with E-state index in [-0.39, 0.29) is 0 Å². The van der Waals surface area contributed by atoms with Crippen LogP contribution in [0.25, 0.3) is 0 Å². The van der Waals surface area contributed by atoms with Crippen LogP contribution in [0.3, 0.4) is 0 Å². The number of likely N-dealkylation sites (tertiary alicyclic amines) is 1. The van der Waals surface area contributed by atoms with Crippen LogP contribution < -0.4 is 0 Å². The Morgan fingerprint density at radius 2 is 1.73 bits per heavy atom. The fourth-order valence-electron chi connectivity index (χ4n) is 2.08. The Morgan fingerprint density at radius 3 is 2.07 bits per heavy atom. The molecule has 0 saturated carbocycles. The first-order chi connectivity index (χ1) is 7.24. The Labute approximate surface area is 101 Å². The molecule has 1 fully saturated rings. The van der Waals surface area contributed by atoms with E-state index >= 15 is 0 Å². The maximum atomic E-state index is 6.08. The van der Waals surface area contributed by atoms with E-state index in [2.05, 4.69) is 4.90 Å². The van der Waals surface area contributed by atoms with Gasteiger partial charge in [0, 0.05) is 19.8 Å². The number of methoxy groups -OCH3 is 2. The van der Waals surface area contributed by atoms with Crippen LogP contribution in [-0.4, -0.2) is 44.4 Å². The van der Waals surface area contributed by atoms with Gasteiger partial charge >= 0.3 is 0 Å². The van der Waals surface area contributed by atoms with Crippen molar-refractivity contribution in [3.63, 3.8) is 0 Å². The molecule has 0 spiro atoms. The number of nitrogens with zero attached hydrogens (tertiary/aromatic N) is 1. The topological polar surface area (TPSA) is 21.7 Å². The summed E-state index contributed by atoms with van der Waals surface area (Å²) in [6.07, 6.45) is 2.12. The van der Waals surface area contributed by atoms with E-state index in [4.69, 9.17) is 32.7 Å². The third-order valence-electron chi connectivity index (χ3n) is 2.67. The third-order valence-corrected chi connectivity index (χ3v) is 3.30. The highest BCUT2D eigenvalue weighted by Crippen LogP contribution is 2.30. The predicted molar refractivity (Wildman–Crippen MR) is 62.2 cm³/mol. The molecule has 0 unspecified atom stereocenters. The first kappa shape index (κ1) is 13.1. The molecule has 1 aliphatic heterocycles. The van der Waals surface area contributed by atoms with Crippen molar-refractivity contribution in [3.05, 3.63) is 10.7 Å². The fourth-order valence-corrected chi connectivity index (χ4v) is 2.47. The minimum absolute atomic E-state index is 0.303. The van der Waals surface area contributed by atoms with Gasteiger partial charge in [0.05, 0.1) is 25.3 Å². The van der Waals surface area contributed by atoms with Gasteiger partial charge in [-0.15, -0.1) is 0 Å².